The Morgan fingerprint density at radius 3 is 2.60 bits per heavy atom. The van der Waals surface area contributed by atoms with Crippen molar-refractivity contribution in [1.82, 2.24) is 0 Å². The lowest BCUT2D eigenvalue weighted by atomic mass is 10.2. The molecule has 1 N–H and O–H groups in total. The van der Waals surface area contributed by atoms with Gasteiger partial charge in [0.05, 0.1) is 19.4 Å². The van der Waals surface area contributed by atoms with Gasteiger partial charge in [-0.3, -0.25) is 0 Å². The molecule has 0 saturated carbocycles. The Morgan fingerprint density at radius 1 is 1.05 bits per heavy atom. The van der Waals surface area contributed by atoms with E-state index >= 15 is 0 Å². The summed E-state index contributed by atoms with van der Waals surface area (Å²) in [7, 11) is 1.69. The summed E-state index contributed by atoms with van der Waals surface area (Å²) >= 11 is 0. The number of hydrogen-bond acceptors (Lipinski definition) is 3. The molecule has 0 aliphatic carbocycles. The third-order valence-corrected chi connectivity index (χ3v) is 3.00. The van der Waals surface area contributed by atoms with Gasteiger partial charge in [-0.05, 0) is 43.2 Å². The molecule has 20 heavy (non-hydrogen) atoms. The number of aryl methyl sites for hydroxylation is 1. The van der Waals surface area contributed by atoms with Gasteiger partial charge in [0.15, 0.2) is 0 Å². The van der Waals surface area contributed by atoms with Gasteiger partial charge < -0.3 is 14.8 Å². The van der Waals surface area contributed by atoms with Crippen molar-refractivity contribution in [2.24, 2.45) is 0 Å². The average molecular weight is 271 g/mol. The van der Waals surface area contributed by atoms with E-state index in [2.05, 4.69) is 18.3 Å². The van der Waals surface area contributed by atoms with E-state index < -0.39 is 0 Å². The molecule has 0 unspecified atom stereocenters. The van der Waals surface area contributed by atoms with E-state index in [-0.39, 0.29) is 0 Å². The Balaban J connectivity index is 1.75. The first-order valence-corrected chi connectivity index (χ1v) is 6.86. The standard InChI is InChI=1S/C17H21NO2/c1-14-9-10-17(19-2)16(13-14)18-11-6-12-20-15-7-4-3-5-8-15/h3-5,7-10,13,18H,6,11-12H2,1-2H3. The van der Waals surface area contributed by atoms with Crippen LogP contribution in [0.5, 0.6) is 11.5 Å². The number of anilines is 1. The van der Waals surface area contributed by atoms with E-state index in [4.69, 9.17) is 9.47 Å². The van der Waals surface area contributed by atoms with Crippen LogP contribution in [-0.2, 0) is 0 Å². The zero-order valence-corrected chi connectivity index (χ0v) is 12.1. The molecule has 0 atom stereocenters. The fourth-order valence-corrected chi connectivity index (χ4v) is 1.96. The number of benzene rings is 2. The second-order valence-corrected chi connectivity index (χ2v) is 4.65. The summed E-state index contributed by atoms with van der Waals surface area (Å²) in [5.74, 6) is 1.79. The molecule has 0 aliphatic rings. The Kier molecular flexibility index (Phi) is 5.30. The summed E-state index contributed by atoms with van der Waals surface area (Å²) in [5, 5.41) is 3.39. The van der Waals surface area contributed by atoms with Gasteiger partial charge in [-0.15, -0.1) is 0 Å². The average Bonchev–Trinajstić information content (AvgIpc) is 2.48. The molecule has 0 fully saturated rings. The highest BCUT2D eigenvalue weighted by molar-refractivity contribution is 5.57. The monoisotopic (exact) mass is 271 g/mol. The summed E-state index contributed by atoms with van der Waals surface area (Å²) in [5.41, 5.74) is 2.25. The van der Waals surface area contributed by atoms with Crippen LogP contribution in [0.3, 0.4) is 0 Å². The van der Waals surface area contributed by atoms with Gasteiger partial charge in [-0.25, -0.2) is 0 Å². The molecule has 3 heteroatoms. The van der Waals surface area contributed by atoms with E-state index in [0.717, 1.165) is 30.2 Å². The van der Waals surface area contributed by atoms with Crippen LogP contribution in [-0.4, -0.2) is 20.3 Å². The van der Waals surface area contributed by atoms with Crippen LogP contribution in [0.4, 0.5) is 5.69 Å². The quantitative estimate of drug-likeness (QED) is 0.775. The first-order chi connectivity index (χ1) is 9.79. The lowest BCUT2D eigenvalue weighted by Crippen LogP contribution is -2.08. The van der Waals surface area contributed by atoms with Crippen molar-refractivity contribution in [2.75, 3.05) is 25.6 Å². The molecular weight excluding hydrogens is 250 g/mol. The molecule has 0 aromatic heterocycles. The Bertz CT molecular complexity index is 526. The Morgan fingerprint density at radius 2 is 1.85 bits per heavy atom. The molecule has 0 heterocycles. The fourth-order valence-electron chi connectivity index (χ4n) is 1.96. The second-order valence-electron chi connectivity index (χ2n) is 4.65. The highest BCUT2D eigenvalue weighted by Gasteiger charge is 2.02. The van der Waals surface area contributed by atoms with Crippen LogP contribution in [0.2, 0.25) is 0 Å². The van der Waals surface area contributed by atoms with E-state index in [1.807, 2.05) is 42.5 Å². The largest absolute Gasteiger partial charge is 0.495 e. The minimum Gasteiger partial charge on any atom is -0.495 e. The maximum Gasteiger partial charge on any atom is 0.141 e. The summed E-state index contributed by atoms with van der Waals surface area (Å²) in [4.78, 5) is 0. The first-order valence-electron chi connectivity index (χ1n) is 6.86. The van der Waals surface area contributed by atoms with Crippen LogP contribution in [0.15, 0.2) is 48.5 Å². The van der Waals surface area contributed by atoms with E-state index in [1.54, 1.807) is 7.11 Å². The molecule has 106 valence electrons. The van der Waals surface area contributed by atoms with Crippen molar-refractivity contribution in [3.8, 4) is 11.5 Å². The van der Waals surface area contributed by atoms with Gasteiger partial charge in [-0.1, -0.05) is 24.3 Å². The fraction of sp³-hybridized carbons (Fsp3) is 0.294. The zero-order valence-electron chi connectivity index (χ0n) is 12.1. The second kappa shape index (κ2) is 7.43. The molecule has 2 aromatic carbocycles. The van der Waals surface area contributed by atoms with Crippen molar-refractivity contribution in [3.63, 3.8) is 0 Å². The summed E-state index contributed by atoms with van der Waals surface area (Å²) in [6.45, 7) is 3.63. The lowest BCUT2D eigenvalue weighted by Gasteiger charge is -2.12. The predicted molar refractivity (Wildman–Crippen MR) is 82.8 cm³/mol. The van der Waals surface area contributed by atoms with Crippen molar-refractivity contribution in [2.45, 2.75) is 13.3 Å². The molecular formula is C17H21NO2. The van der Waals surface area contributed by atoms with Crippen molar-refractivity contribution in [3.05, 3.63) is 54.1 Å². The molecule has 0 bridgehead atoms. The van der Waals surface area contributed by atoms with Crippen LogP contribution >= 0.6 is 0 Å². The molecule has 0 amide bonds. The Labute approximate surface area is 120 Å². The van der Waals surface area contributed by atoms with E-state index in [1.165, 1.54) is 5.56 Å². The summed E-state index contributed by atoms with van der Waals surface area (Å²) < 4.78 is 11.0. The molecule has 2 aromatic rings. The minimum atomic E-state index is 0.700. The van der Waals surface area contributed by atoms with E-state index in [9.17, 15) is 0 Å². The molecule has 0 saturated heterocycles. The van der Waals surface area contributed by atoms with Crippen LogP contribution in [0, 0.1) is 6.92 Å². The number of hydrogen-bond donors (Lipinski definition) is 1. The molecule has 0 spiro atoms. The molecule has 0 radical (unpaired) electrons. The van der Waals surface area contributed by atoms with Crippen LogP contribution < -0.4 is 14.8 Å². The van der Waals surface area contributed by atoms with Crippen molar-refractivity contribution >= 4 is 5.69 Å². The maximum absolute atomic E-state index is 5.65. The third-order valence-electron chi connectivity index (χ3n) is 3.00. The summed E-state index contributed by atoms with van der Waals surface area (Å²) in [6.07, 6.45) is 0.936. The number of nitrogens with one attached hydrogen (secondary N) is 1. The van der Waals surface area contributed by atoms with E-state index in [0.29, 0.717) is 6.61 Å². The van der Waals surface area contributed by atoms with Crippen LogP contribution in [0.1, 0.15) is 12.0 Å². The minimum absolute atomic E-state index is 0.700. The first kappa shape index (κ1) is 14.3. The number of methoxy groups -OCH3 is 1. The van der Waals surface area contributed by atoms with Gasteiger partial charge in [0.25, 0.3) is 0 Å². The normalized spacial score (nSPS) is 10.1. The maximum atomic E-state index is 5.65. The number of rotatable bonds is 7. The predicted octanol–water partition coefficient (Wildman–Crippen LogP) is 3.88. The van der Waals surface area contributed by atoms with Crippen molar-refractivity contribution < 1.29 is 9.47 Å². The van der Waals surface area contributed by atoms with Gasteiger partial charge in [0, 0.05) is 6.54 Å². The SMILES string of the molecule is COc1ccc(C)cc1NCCCOc1ccccc1. The molecule has 2 rings (SSSR count). The summed E-state index contributed by atoms with van der Waals surface area (Å²) in [6, 6.07) is 16.0. The zero-order chi connectivity index (χ0) is 14.2. The van der Waals surface area contributed by atoms with Gasteiger partial charge in [-0.2, -0.15) is 0 Å². The van der Waals surface area contributed by atoms with Gasteiger partial charge in [0.1, 0.15) is 11.5 Å². The lowest BCUT2D eigenvalue weighted by molar-refractivity contribution is 0.315. The third kappa shape index (κ3) is 4.19. The number of ether oxygens (including phenoxy) is 2. The van der Waals surface area contributed by atoms with Gasteiger partial charge in [0.2, 0.25) is 0 Å². The highest BCUT2D eigenvalue weighted by atomic mass is 16.5. The van der Waals surface area contributed by atoms with Crippen LogP contribution in [0.25, 0.3) is 0 Å². The van der Waals surface area contributed by atoms with Gasteiger partial charge >= 0.3 is 0 Å². The number of para-hydroxylation sites is 1. The van der Waals surface area contributed by atoms with Crippen molar-refractivity contribution in [1.29, 1.82) is 0 Å². The topological polar surface area (TPSA) is 30.5 Å². The molecule has 3 nitrogen and oxygen atoms in total. The molecule has 0 aliphatic heterocycles. The Hall–Kier alpha value is -2.16. The highest BCUT2D eigenvalue weighted by Crippen LogP contribution is 2.24. The smallest absolute Gasteiger partial charge is 0.141 e.